The number of nitrogens with one attached hydrogen (secondary N) is 1. The minimum absolute atomic E-state index is 0.0313. The summed E-state index contributed by atoms with van der Waals surface area (Å²) in [5.41, 5.74) is 3.16. The molecule has 1 amide bonds. The Balaban J connectivity index is 1.28. The number of benzene rings is 3. The molecule has 2 N–H and O–H groups in total. The van der Waals surface area contributed by atoms with Crippen molar-refractivity contribution in [2.75, 3.05) is 0 Å². The first kappa shape index (κ1) is 26.4. The van der Waals surface area contributed by atoms with Crippen LogP contribution in [0.5, 0.6) is 0 Å². The molecule has 1 atom stereocenters. The van der Waals surface area contributed by atoms with E-state index in [1.807, 2.05) is 31.2 Å². The molecular weight excluding hydrogens is 520 g/mol. The van der Waals surface area contributed by atoms with E-state index in [9.17, 15) is 19.1 Å². The van der Waals surface area contributed by atoms with E-state index in [2.05, 4.69) is 20.4 Å². The average molecular weight is 544 g/mol. The highest BCUT2D eigenvalue weighted by molar-refractivity contribution is 5.95. The van der Waals surface area contributed by atoms with Crippen LogP contribution in [0.1, 0.15) is 27.2 Å². The summed E-state index contributed by atoms with van der Waals surface area (Å²) in [6.07, 6.45) is 2.59. The molecule has 0 fully saturated rings. The van der Waals surface area contributed by atoms with Gasteiger partial charge in [0.05, 0.1) is 5.56 Å². The number of aromatic nitrogens is 4. The van der Waals surface area contributed by atoms with Gasteiger partial charge >= 0.3 is 5.97 Å². The molecular formula is C29H23F2N5O4. The second-order valence-corrected chi connectivity index (χ2v) is 9.27. The van der Waals surface area contributed by atoms with Crippen LogP contribution in [-0.4, -0.2) is 42.7 Å². The van der Waals surface area contributed by atoms with Gasteiger partial charge in [-0.2, -0.15) is 4.98 Å². The van der Waals surface area contributed by atoms with Gasteiger partial charge in [0.25, 0.3) is 11.8 Å². The van der Waals surface area contributed by atoms with Gasteiger partial charge in [-0.25, -0.2) is 18.6 Å². The topological polar surface area (TPSA) is 123 Å². The predicted molar refractivity (Wildman–Crippen MR) is 141 cm³/mol. The number of nitrogens with zero attached hydrogens (tertiary/aromatic N) is 4. The monoisotopic (exact) mass is 543 g/mol. The average Bonchev–Trinajstić information content (AvgIpc) is 3.61. The number of hydrogen-bond donors (Lipinski definition) is 2. The lowest BCUT2D eigenvalue weighted by molar-refractivity contribution is -0.139. The fourth-order valence-electron chi connectivity index (χ4n) is 4.05. The van der Waals surface area contributed by atoms with Crippen LogP contribution in [0.2, 0.25) is 0 Å². The zero-order chi connectivity index (χ0) is 28.4. The molecule has 5 rings (SSSR count). The van der Waals surface area contributed by atoms with Crippen molar-refractivity contribution in [2.24, 2.45) is 0 Å². The van der Waals surface area contributed by atoms with Gasteiger partial charge in [0.15, 0.2) is 0 Å². The van der Waals surface area contributed by atoms with Gasteiger partial charge in [-0.05, 0) is 67.4 Å². The third-order valence-electron chi connectivity index (χ3n) is 6.30. The molecule has 0 aliphatic rings. The van der Waals surface area contributed by atoms with Gasteiger partial charge in [0.2, 0.25) is 5.82 Å². The maximum absolute atomic E-state index is 15.0. The number of carbonyl (C=O) groups is 2. The molecule has 5 aromatic rings. The quantitative estimate of drug-likeness (QED) is 0.285. The van der Waals surface area contributed by atoms with Crippen LogP contribution in [0.4, 0.5) is 8.78 Å². The van der Waals surface area contributed by atoms with E-state index in [0.29, 0.717) is 22.4 Å². The number of rotatable bonds is 8. The van der Waals surface area contributed by atoms with E-state index in [1.165, 1.54) is 47.4 Å². The van der Waals surface area contributed by atoms with Gasteiger partial charge in [0, 0.05) is 23.9 Å². The molecule has 2 heterocycles. The Kier molecular flexibility index (Phi) is 7.19. The van der Waals surface area contributed by atoms with Crippen LogP contribution < -0.4 is 5.32 Å². The van der Waals surface area contributed by atoms with Crippen molar-refractivity contribution in [3.8, 4) is 28.5 Å². The second-order valence-electron chi connectivity index (χ2n) is 9.27. The van der Waals surface area contributed by atoms with Crippen LogP contribution in [-0.2, 0) is 11.2 Å². The van der Waals surface area contributed by atoms with Crippen LogP contribution >= 0.6 is 0 Å². The van der Waals surface area contributed by atoms with E-state index in [-0.39, 0.29) is 35.2 Å². The van der Waals surface area contributed by atoms with Crippen molar-refractivity contribution in [1.82, 2.24) is 25.0 Å². The number of amides is 1. The van der Waals surface area contributed by atoms with E-state index in [1.54, 1.807) is 13.0 Å². The van der Waals surface area contributed by atoms with Crippen LogP contribution in [0.3, 0.4) is 0 Å². The minimum atomic E-state index is -1.35. The summed E-state index contributed by atoms with van der Waals surface area (Å²) in [6.45, 7) is 3.56. The lowest BCUT2D eigenvalue weighted by Crippen LogP contribution is -2.42. The molecule has 0 aliphatic heterocycles. The lowest BCUT2D eigenvalue weighted by atomic mass is 10.0. The Morgan fingerprint density at radius 2 is 1.80 bits per heavy atom. The van der Waals surface area contributed by atoms with Gasteiger partial charge in [-0.1, -0.05) is 28.9 Å². The van der Waals surface area contributed by atoms with Gasteiger partial charge in [-0.15, -0.1) is 0 Å². The molecule has 0 saturated carbocycles. The van der Waals surface area contributed by atoms with Crippen molar-refractivity contribution in [3.63, 3.8) is 0 Å². The highest BCUT2D eigenvalue weighted by Crippen LogP contribution is 2.25. The van der Waals surface area contributed by atoms with E-state index in [4.69, 9.17) is 4.52 Å². The molecule has 0 bridgehead atoms. The Hall–Kier alpha value is -5.19. The third-order valence-corrected chi connectivity index (χ3v) is 6.30. The Morgan fingerprint density at radius 3 is 2.50 bits per heavy atom. The van der Waals surface area contributed by atoms with Crippen molar-refractivity contribution in [3.05, 3.63) is 107 Å². The highest BCUT2D eigenvalue weighted by atomic mass is 19.1. The van der Waals surface area contributed by atoms with Crippen LogP contribution in [0.15, 0.2) is 77.7 Å². The van der Waals surface area contributed by atoms with E-state index >= 15 is 4.39 Å². The van der Waals surface area contributed by atoms with Crippen molar-refractivity contribution < 1.29 is 28.0 Å². The predicted octanol–water partition coefficient (Wildman–Crippen LogP) is 4.91. The van der Waals surface area contributed by atoms with E-state index in [0.717, 1.165) is 5.56 Å². The summed E-state index contributed by atoms with van der Waals surface area (Å²) in [5, 5.41) is 16.0. The van der Waals surface area contributed by atoms with E-state index < -0.39 is 23.7 Å². The van der Waals surface area contributed by atoms with Gasteiger partial charge in [-0.3, -0.25) is 4.79 Å². The number of imidazole rings is 1. The number of hydrogen-bond acceptors (Lipinski definition) is 6. The molecule has 9 nitrogen and oxygen atoms in total. The molecule has 1 unspecified atom stereocenters. The number of aryl methyl sites for hydroxylation is 2. The number of carboxylic acids is 1. The normalized spacial score (nSPS) is 11.8. The zero-order valence-corrected chi connectivity index (χ0v) is 21.4. The highest BCUT2D eigenvalue weighted by Gasteiger charge is 2.24. The van der Waals surface area contributed by atoms with Crippen LogP contribution in [0.25, 0.3) is 28.5 Å². The van der Waals surface area contributed by atoms with Crippen molar-refractivity contribution >= 4 is 11.9 Å². The Morgan fingerprint density at radius 1 is 1.02 bits per heavy atom. The second kappa shape index (κ2) is 10.9. The summed E-state index contributed by atoms with van der Waals surface area (Å²) in [5.74, 6) is -2.76. The van der Waals surface area contributed by atoms with Crippen LogP contribution in [0, 0.1) is 25.5 Å². The molecule has 0 radical (unpaired) electrons. The van der Waals surface area contributed by atoms with Crippen molar-refractivity contribution in [1.29, 1.82) is 0 Å². The van der Waals surface area contributed by atoms with Crippen molar-refractivity contribution in [2.45, 2.75) is 26.3 Å². The summed E-state index contributed by atoms with van der Waals surface area (Å²) in [6, 6.07) is 14.6. The third kappa shape index (κ3) is 5.63. The fourth-order valence-corrected chi connectivity index (χ4v) is 4.05. The lowest BCUT2D eigenvalue weighted by Gasteiger charge is -2.14. The maximum Gasteiger partial charge on any atom is 0.326 e. The minimum Gasteiger partial charge on any atom is -0.480 e. The number of carbonyl (C=O) groups excluding carboxylic acids is 1. The summed E-state index contributed by atoms with van der Waals surface area (Å²) >= 11 is 0. The first-order valence-electron chi connectivity index (χ1n) is 12.2. The number of halogens is 2. The summed E-state index contributed by atoms with van der Waals surface area (Å²) in [7, 11) is 0. The fraction of sp³-hybridized carbons (Fsp3) is 0.138. The molecule has 11 heteroatoms. The summed E-state index contributed by atoms with van der Waals surface area (Å²) < 4.78 is 35.4. The number of aliphatic carboxylic acids is 1. The Labute approximate surface area is 227 Å². The largest absolute Gasteiger partial charge is 0.480 e. The molecule has 202 valence electrons. The maximum atomic E-state index is 15.0. The standard InChI is InChI=1S/C29H23F2N5O4/c1-16-3-6-19(7-4-16)28-34-26(35-40-28)21-9-5-18(12-23(21)31)13-24(29(38)39)33-27(37)25-14-36(15-32-25)20-8-10-22(30)17(2)11-20/h3-12,14-15,24H,13H2,1-2H3,(H,33,37)(H,38,39). The SMILES string of the molecule is Cc1ccc(-c2nc(-c3ccc(CC(NC(=O)c4cn(-c5ccc(F)c(C)c5)cn4)C(=O)O)cc3F)no2)cc1. The molecule has 0 spiro atoms. The first-order chi connectivity index (χ1) is 19.2. The molecule has 3 aromatic carbocycles. The number of carboxylic acid groups (broad SMARTS) is 1. The smallest absolute Gasteiger partial charge is 0.326 e. The zero-order valence-electron chi connectivity index (χ0n) is 21.4. The van der Waals surface area contributed by atoms with Gasteiger partial charge < -0.3 is 19.5 Å². The molecule has 0 aliphatic carbocycles. The molecule has 40 heavy (non-hydrogen) atoms. The molecule has 2 aromatic heterocycles. The molecule has 0 saturated heterocycles. The first-order valence-corrected chi connectivity index (χ1v) is 12.2. The Bertz CT molecular complexity index is 1710. The summed E-state index contributed by atoms with van der Waals surface area (Å²) in [4.78, 5) is 32.9. The van der Waals surface area contributed by atoms with Gasteiger partial charge in [0.1, 0.15) is 29.7 Å².